The Kier molecular flexibility index (Phi) is 6.02. The van der Waals surface area contributed by atoms with Crippen LogP contribution in [-0.2, 0) is 6.42 Å². The summed E-state index contributed by atoms with van der Waals surface area (Å²) in [6.45, 7) is 5.11. The van der Waals surface area contributed by atoms with Crippen molar-refractivity contribution in [1.82, 2.24) is 15.0 Å². The molecular formula is C20H28BN3O3. The normalized spacial score (nSPS) is 26.9. The molecule has 0 saturated carbocycles. The van der Waals surface area contributed by atoms with Crippen molar-refractivity contribution in [2.75, 3.05) is 26.2 Å². The number of aryl methyl sites for hydroxylation is 1. The van der Waals surface area contributed by atoms with E-state index in [1.165, 1.54) is 5.56 Å². The third kappa shape index (κ3) is 4.60. The van der Waals surface area contributed by atoms with Gasteiger partial charge in [0.1, 0.15) is 18.0 Å². The van der Waals surface area contributed by atoms with Crippen molar-refractivity contribution >= 4 is 14.5 Å². The second kappa shape index (κ2) is 8.27. The molecule has 6 nitrogen and oxygen atoms in total. The minimum atomic E-state index is -0.708. The summed E-state index contributed by atoms with van der Waals surface area (Å²) in [5, 5.41) is 14.7. The van der Waals surface area contributed by atoms with Gasteiger partial charge < -0.3 is 19.3 Å². The van der Waals surface area contributed by atoms with Gasteiger partial charge in [0.2, 0.25) is 5.89 Å². The molecular weight excluding hydrogens is 341 g/mol. The smallest absolute Gasteiger partial charge is 0.250 e. The Morgan fingerprint density at radius 2 is 2.04 bits per heavy atom. The maximum absolute atomic E-state index is 10.9. The number of piperidine rings is 3. The number of ether oxygens (including phenoxy) is 1. The van der Waals surface area contributed by atoms with E-state index in [0.29, 0.717) is 24.2 Å². The number of rotatable bonds is 6. The molecule has 1 aromatic carbocycles. The predicted molar refractivity (Wildman–Crippen MR) is 108 cm³/mol. The SMILES string of the molecule is B.Cc1noc(C=CCc2ccc(OCC3(O)CN4CCC3CC4)cc2)n1. The summed E-state index contributed by atoms with van der Waals surface area (Å²) in [4.78, 5) is 6.47. The number of fused-ring (bicyclic) bond motifs is 3. The van der Waals surface area contributed by atoms with E-state index in [4.69, 9.17) is 9.26 Å². The monoisotopic (exact) mass is 369 g/mol. The first-order valence-corrected chi connectivity index (χ1v) is 9.24. The molecule has 3 aliphatic heterocycles. The summed E-state index contributed by atoms with van der Waals surface area (Å²) < 4.78 is 11.0. The highest BCUT2D eigenvalue weighted by atomic mass is 16.5. The fourth-order valence-electron chi connectivity index (χ4n) is 3.91. The van der Waals surface area contributed by atoms with Crippen LogP contribution in [0.15, 0.2) is 34.9 Å². The van der Waals surface area contributed by atoms with Gasteiger partial charge in [0.05, 0.1) is 8.41 Å². The third-order valence-electron chi connectivity index (χ3n) is 5.41. The average molecular weight is 369 g/mol. The third-order valence-corrected chi connectivity index (χ3v) is 5.41. The first-order valence-electron chi connectivity index (χ1n) is 9.24. The van der Waals surface area contributed by atoms with Gasteiger partial charge in [-0.15, -0.1) is 0 Å². The summed E-state index contributed by atoms with van der Waals surface area (Å²) >= 11 is 0. The lowest BCUT2D eigenvalue weighted by molar-refractivity contribution is -0.131. The lowest BCUT2D eigenvalue weighted by Gasteiger charge is -2.50. The van der Waals surface area contributed by atoms with Crippen molar-refractivity contribution < 1.29 is 14.4 Å². The van der Waals surface area contributed by atoms with Crippen LogP contribution in [-0.4, -0.2) is 60.4 Å². The van der Waals surface area contributed by atoms with Crippen molar-refractivity contribution in [2.24, 2.45) is 5.92 Å². The van der Waals surface area contributed by atoms with Crippen molar-refractivity contribution in [3.63, 3.8) is 0 Å². The van der Waals surface area contributed by atoms with Gasteiger partial charge in [-0.1, -0.05) is 23.4 Å². The van der Waals surface area contributed by atoms with E-state index in [1.807, 2.05) is 36.4 Å². The molecule has 0 aliphatic carbocycles. The van der Waals surface area contributed by atoms with E-state index >= 15 is 0 Å². The molecule has 3 fully saturated rings. The zero-order chi connectivity index (χ0) is 18.0. The Morgan fingerprint density at radius 3 is 2.63 bits per heavy atom. The molecule has 1 N–H and O–H groups in total. The van der Waals surface area contributed by atoms with Gasteiger partial charge >= 0.3 is 0 Å². The van der Waals surface area contributed by atoms with Crippen molar-refractivity contribution in [2.45, 2.75) is 31.8 Å². The summed E-state index contributed by atoms with van der Waals surface area (Å²) in [5.41, 5.74) is 0.464. The number of hydrogen-bond donors (Lipinski definition) is 1. The van der Waals surface area contributed by atoms with E-state index in [0.717, 1.165) is 44.6 Å². The second-order valence-corrected chi connectivity index (χ2v) is 7.37. The molecule has 1 unspecified atom stereocenters. The minimum Gasteiger partial charge on any atom is -0.491 e. The van der Waals surface area contributed by atoms with Crippen LogP contribution >= 0.6 is 0 Å². The standard InChI is InChI=1S/C20H25N3O3.BH3/c1-15-21-19(26-22-15)4-2-3-16-5-7-18(8-6-16)25-14-20(24)13-23-11-9-17(20)10-12-23;/h2,4-8,17,24H,3,9-14H2,1H3;1H3. The Hall–Kier alpha value is -2.12. The minimum absolute atomic E-state index is 0. The largest absolute Gasteiger partial charge is 0.491 e. The Labute approximate surface area is 161 Å². The van der Waals surface area contributed by atoms with Crippen LogP contribution in [0.5, 0.6) is 5.75 Å². The molecule has 2 bridgehead atoms. The van der Waals surface area contributed by atoms with E-state index in [9.17, 15) is 5.11 Å². The fourth-order valence-corrected chi connectivity index (χ4v) is 3.91. The van der Waals surface area contributed by atoms with Crippen LogP contribution in [0.3, 0.4) is 0 Å². The van der Waals surface area contributed by atoms with Crippen molar-refractivity contribution in [3.05, 3.63) is 47.6 Å². The summed E-state index contributed by atoms with van der Waals surface area (Å²) in [7, 11) is 0. The maximum atomic E-state index is 10.9. The molecule has 0 spiro atoms. The Morgan fingerprint density at radius 1 is 1.30 bits per heavy atom. The quantitative estimate of drug-likeness (QED) is 0.774. The van der Waals surface area contributed by atoms with Gasteiger partial charge in [-0.3, -0.25) is 0 Å². The highest BCUT2D eigenvalue weighted by Crippen LogP contribution is 2.36. The van der Waals surface area contributed by atoms with Gasteiger partial charge in [-0.2, -0.15) is 4.98 Å². The van der Waals surface area contributed by atoms with E-state index < -0.39 is 5.60 Å². The lowest BCUT2D eigenvalue weighted by atomic mass is 9.76. The molecule has 1 aromatic heterocycles. The Balaban J connectivity index is 0.00000210. The van der Waals surface area contributed by atoms with Crippen LogP contribution in [0, 0.1) is 12.8 Å². The predicted octanol–water partition coefficient (Wildman–Crippen LogP) is 1.29. The zero-order valence-corrected chi connectivity index (χ0v) is 15.1. The number of aromatic nitrogens is 2. The molecule has 4 heterocycles. The zero-order valence-electron chi connectivity index (χ0n) is 15.1. The van der Waals surface area contributed by atoms with E-state index in [1.54, 1.807) is 6.92 Å². The van der Waals surface area contributed by atoms with Crippen LogP contribution in [0.25, 0.3) is 6.08 Å². The lowest BCUT2D eigenvalue weighted by Crippen LogP contribution is -2.61. The molecule has 144 valence electrons. The van der Waals surface area contributed by atoms with Gasteiger partial charge in [0.25, 0.3) is 0 Å². The second-order valence-electron chi connectivity index (χ2n) is 7.37. The number of benzene rings is 1. The Bertz CT molecular complexity index is 769. The summed E-state index contributed by atoms with van der Waals surface area (Å²) in [5.74, 6) is 2.32. The van der Waals surface area contributed by atoms with Gasteiger partial charge in [-0.05, 0) is 69.0 Å². The highest BCUT2D eigenvalue weighted by Gasteiger charge is 2.45. The van der Waals surface area contributed by atoms with Crippen LogP contribution < -0.4 is 4.74 Å². The molecule has 3 saturated heterocycles. The first kappa shape index (κ1) is 19.6. The van der Waals surface area contributed by atoms with Crippen LogP contribution in [0.4, 0.5) is 0 Å². The van der Waals surface area contributed by atoms with Crippen LogP contribution in [0.1, 0.15) is 30.1 Å². The highest BCUT2D eigenvalue weighted by molar-refractivity contribution is 5.75. The number of allylic oxidation sites excluding steroid dienone is 1. The average Bonchev–Trinajstić information content (AvgIpc) is 3.07. The molecule has 2 aromatic rings. The first-order chi connectivity index (χ1) is 12.6. The van der Waals surface area contributed by atoms with Crippen molar-refractivity contribution in [3.8, 4) is 5.75 Å². The number of aliphatic hydroxyl groups is 1. The summed E-state index contributed by atoms with van der Waals surface area (Å²) in [6.07, 6.45) is 6.75. The molecule has 7 heteroatoms. The molecule has 0 radical (unpaired) electrons. The topological polar surface area (TPSA) is 71.6 Å². The summed E-state index contributed by atoms with van der Waals surface area (Å²) in [6, 6.07) is 8.01. The van der Waals surface area contributed by atoms with E-state index in [-0.39, 0.29) is 8.41 Å². The molecule has 0 amide bonds. The molecule has 3 aliphatic rings. The van der Waals surface area contributed by atoms with Crippen LogP contribution in [0.2, 0.25) is 0 Å². The van der Waals surface area contributed by atoms with Gasteiger partial charge in [0, 0.05) is 6.54 Å². The van der Waals surface area contributed by atoms with Gasteiger partial charge in [0.15, 0.2) is 5.82 Å². The fraction of sp³-hybridized carbons (Fsp3) is 0.500. The molecule has 1 atom stereocenters. The van der Waals surface area contributed by atoms with Crippen molar-refractivity contribution in [1.29, 1.82) is 0 Å². The van der Waals surface area contributed by atoms with E-state index in [2.05, 4.69) is 15.0 Å². The number of nitrogens with zero attached hydrogens (tertiary/aromatic N) is 3. The molecule has 27 heavy (non-hydrogen) atoms. The molecule has 5 rings (SSSR count). The maximum Gasteiger partial charge on any atom is 0.250 e. The number of hydrogen-bond acceptors (Lipinski definition) is 6. The van der Waals surface area contributed by atoms with Gasteiger partial charge in [-0.25, -0.2) is 0 Å².